The van der Waals surface area contributed by atoms with E-state index in [4.69, 9.17) is 5.73 Å². The fourth-order valence-electron chi connectivity index (χ4n) is 2.80. The van der Waals surface area contributed by atoms with Crippen LogP contribution in [-0.2, 0) is 16.6 Å². The molecule has 3 unspecified atom stereocenters. The molecule has 1 aromatic rings. The van der Waals surface area contributed by atoms with Crippen molar-refractivity contribution in [3.8, 4) is 0 Å². The summed E-state index contributed by atoms with van der Waals surface area (Å²) in [4.78, 5) is 12.3. The van der Waals surface area contributed by atoms with Crippen LogP contribution in [0.4, 0.5) is 0 Å². The SMILES string of the molecule is CS(=O)Cc1cccc(C(=O)NC2CCCC2CN)c1.Cl. The standard InChI is InChI=1S/C15H22N2O2S.ClH/c1-20(19)10-11-4-2-5-12(8-11)15(18)17-14-7-3-6-13(14)9-16;/h2,4-5,8,13-14H,3,6-7,9-10,16H2,1H3,(H,17,18);1H. The van der Waals surface area contributed by atoms with E-state index in [9.17, 15) is 9.00 Å². The summed E-state index contributed by atoms with van der Waals surface area (Å²) in [6.45, 7) is 0.625. The van der Waals surface area contributed by atoms with E-state index < -0.39 is 10.8 Å². The first-order valence-corrected chi connectivity index (χ1v) is 8.72. The van der Waals surface area contributed by atoms with Gasteiger partial charge in [0.25, 0.3) is 5.91 Å². The predicted octanol–water partition coefficient (Wildman–Crippen LogP) is 1.84. The smallest absolute Gasteiger partial charge is 0.251 e. The first-order chi connectivity index (χ1) is 9.60. The number of rotatable bonds is 5. The molecule has 0 saturated heterocycles. The molecule has 1 saturated carbocycles. The maximum atomic E-state index is 12.3. The quantitative estimate of drug-likeness (QED) is 0.865. The second kappa shape index (κ2) is 8.51. The molecule has 2 rings (SSSR count). The van der Waals surface area contributed by atoms with Gasteiger partial charge in [0, 0.05) is 34.4 Å². The molecule has 6 heteroatoms. The molecule has 1 aliphatic carbocycles. The highest BCUT2D eigenvalue weighted by Gasteiger charge is 2.27. The molecule has 0 bridgehead atoms. The topological polar surface area (TPSA) is 72.2 Å². The van der Waals surface area contributed by atoms with Gasteiger partial charge < -0.3 is 11.1 Å². The third-order valence-electron chi connectivity index (χ3n) is 3.84. The van der Waals surface area contributed by atoms with Crippen LogP contribution in [0.25, 0.3) is 0 Å². The predicted molar refractivity (Wildman–Crippen MR) is 89.1 cm³/mol. The Morgan fingerprint density at radius 1 is 1.43 bits per heavy atom. The molecule has 21 heavy (non-hydrogen) atoms. The van der Waals surface area contributed by atoms with E-state index >= 15 is 0 Å². The van der Waals surface area contributed by atoms with Gasteiger partial charge in [0.05, 0.1) is 0 Å². The molecular weight excluding hydrogens is 308 g/mol. The lowest BCUT2D eigenvalue weighted by atomic mass is 10.0. The normalized spacial score (nSPS) is 22.4. The lowest BCUT2D eigenvalue weighted by Crippen LogP contribution is -2.39. The number of amides is 1. The minimum atomic E-state index is -0.897. The summed E-state index contributed by atoms with van der Waals surface area (Å²) in [5.41, 5.74) is 7.30. The molecule has 0 heterocycles. The molecule has 3 atom stereocenters. The van der Waals surface area contributed by atoms with Crippen LogP contribution in [0.2, 0.25) is 0 Å². The highest BCUT2D eigenvalue weighted by Crippen LogP contribution is 2.24. The largest absolute Gasteiger partial charge is 0.349 e. The molecule has 1 aliphatic rings. The molecule has 0 aliphatic heterocycles. The third-order valence-corrected chi connectivity index (χ3v) is 4.58. The first kappa shape index (κ1) is 18.1. The van der Waals surface area contributed by atoms with E-state index in [-0.39, 0.29) is 24.4 Å². The van der Waals surface area contributed by atoms with E-state index in [0.29, 0.717) is 23.8 Å². The molecule has 3 N–H and O–H groups in total. The average Bonchev–Trinajstić information content (AvgIpc) is 2.85. The van der Waals surface area contributed by atoms with Crippen molar-refractivity contribution >= 4 is 29.1 Å². The highest BCUT2D eigenvalue weighted by atomic mass is 35.5. The number of nitrogens with two attached hydrogens (primary N) is 1. The summed E-state index contributed by atoms with van der Waals surface area (Å²) in [6.07, 6.45) is 4.89. The zero-order valence-electron chi connectivity index (χ0n) is 12.2. The third kappa shape index (κ3) is 5.09. The summed E-state index contributed by atoms with van der Waals surface area (Å²) in [5, 5.41) is 3.08. The zero-order valence-corrected chi connectivity index (χ0v) is 13.8. The van der Waals surface area contributed by atoms with Crippen molar-refractivity contribution in [2.45, 2.75) is 31.1 Å². The number of nitrogens with one attached hydrogen (secondary N) is 1. The van der Waals surface area contributed by atoms with E-state index in [0.717, 1.165) is 24.8 Å². The fourth-order valence-corrected chi connectivity index (χ4v) is 3.45. The minimum absolute atomic E-state index is 0. The van der Waals surface area contributed by atoms with Gasteiger partial charge in [-0.3, -0.25) is 9.00 Å². The molecule has 1 amide bonds. The first-order valence-electron chi connectivity index (χ1n) is 7.00. The van der Waals surface area contributed by atoms with Gasteiger partial charge >= 0.3 is 0 Å². The zero-order chi connectivity index (χ0) is 14.5. The number of hydrogen-bond acceptors (Lipinski definition) is 3. The summed E-state index contributed by atoms with van der Waals surface area (Å²) < 4.78 is 11.3. The molecule has 1 aromatic carbocycles. The summed E-state index contributed by atoms with van der Waals surface area (Å²) in [7, 11) is -0.897. The van der Waals surface area contributed by atoms with Crippen molar-refractivity contribution in [1.82, 2.24) is 5.32 Å². The molecule has 0 spiro atoms. The lowest BCUT2D eigenvalue weighted by molar-refractivity contribution is 0.0928. The maximum Gasteiger partial charge on any atom is 0.251 e. The van der Waals surface area contributed by atoms with Crippen LogP contribution in [0.3, 0.4) is 0 Å². The Morgan fingerprint density at radius 3 is 2.86 bits per heavy atom. The maximum absolute atomic E-state index is 12.3. The van der Waals surface area contributed by atoms with Gasteiger partial charge in [-0.25, -0.2) is 0 Å². The molecule has 118 valence electrons. The molecule has 1 fully saturated rings. The van der Waals surface area contributed by atoms with E-state index in [1.54, 1.807) is 12.3 Å². The van der Waals surface area contributed by atoms with Crippen molar-refractivity contribution in [2.24, 2.45) is 11.7 Å². The molecular formula is C15H23ClN2O2S. The van der Waals surface area contributed by atoms with Crippen LogP contribution in [-0.4, -0.2) is 29.0 Å². The van der Waals surface area contributed by atoms with Gasteiger partial charge in [-0.2, -0.15) is 0 Å². The summed E-state index contributed by atoms with van der Waals surface area (Å²) >= 11 is 0. The molecule has 0 aromatic heterocycles. The number of hydrogen-bond donors (Lipinski definition) is 2. The van der Waals surface area contributed by atoms with Gasteiger partial charge in [-0.1, -0.05) is 18.6 Å². The van der Waals surface area contributed by atoms with Crippen molar-refractivity contribution in [3.05, 3.63) is 35.4 Å². The number of carbonyl (C=O) groups excluding carboxylic acids is 1. The lowest BCUT2D eigenvalue weighted by Gasteiger charge is -2.19. The number of halogens is 1. The van der Waals surface area contributed by atoms with Crippen molar-refractivity contribution in [1.29, 1.82) is 0 Å². The summed E-state index contributed by atoms with van der Waals surface area (Å²) in [6, 6.07) is 7.55. The monoisotopic (exact) mass is 330 g/mol. The Hall–Kier alpha value is -0.910. The Bertz CT molecular complexity index is 510. The average molecular weight is 331 g/mol. The second-order valence-electron chi connectivity index (χ2n) is 5.42. The van der Waals surface area contributed by atoms with Crippen LogP contribution in [0, 0.1) is 5.92 Å². The molecule has 4 nitrogen and oxygen atoms in total. The molecule has 0 radical (unpaired) electrons. The van der Waals surface area contributed by atoms with Crippen LogP contribution < -0.4 is 11.1 Å². The highest BCUT2D eigenvalue weighted by molar-refractivity contribution is 7.83. The van der Waals surface area contributed by atoms with Crippen LogP contribution in [0.5, 0.6) is 0 Å². The van der Waals surface area contributed by atoms with Gasteiger partial charge in [0.1, 0.15) is 0 Å². The van der Waals surface area contributed by atoms with Gasteiger partial charge in [0.2, 0.25) is 0 Å². The van der Waals surface area contributed by atoms with Crippen LogP contribution in [0.1, 0.15) is 35.2 Å². The fraction of sp³-hybridized carbons (Fsp3) is 0.533. The number of carbonyl (C=O) groups is 1. The van der Waals surface area contributed by atoms with Crippen molar-refractivity contribution < 1.29 is 9.00 Å². The Morgan fingerprint density at radius 2 is 2.19 bits per heavy atom. The van der Waals surface area contributed by atoms with E-state index in [2.05, 4.69) is 5.32 Å². The summed E-state index contributed by atoms with van der Waals surface area (Å²) in [5.74, 6) is 0.819. The number of benzene rings is 1. The Labute approximate surface area is 134 Å². The minimum Gasteiger partial charge on any atom is -0.349 e. The Balaban J connectivity index is 0.00000220. The van der Waals surface area contributed by atoms with Crippen LogP contribution in [0.15, 0.2) is 24.3 Å². The van der Waals surface area contributed by atoms with Crippen LogP contribution >= 0.6 is 12.4 Å². The van der Waals surface area contributed by atoms with E-state index in [1.165, 1.54) is 0 Å². The van der Waals surface area contributed by atoms with Gasteiger partial charge in [-0.15, -0.1) is 12.4 Å². The second-order valence-corrected chi connectivity index (χ2v) is 6.86. The Kier molecular flexibility index (Phi) is 7.35. The van der Waals surface area contributed by atoms with Gasteiger partial charge in [0.15, 0.2) is 0 Å². The van der Waals surface area contributed by atoms with Crippen molar-refractivity contribution in [3.63, 3.8) is 0 Å². The van der Waals surface area contributed by atoms with Crippen molar-refractivity contribution in [2.75, 3.05) is 12.8 Å². The van der Waals surface area contributed by atoms with E-state index in [1.807, 2.05) is 18.2 Å². The van der Waals surface area contributed by atoms with Gasteiger partial charge in [-0.05, 0) is 43.0 Å².